The molecule has 14 heavy (non-hydrogen) atoms. The molecule has 0 bridgehead atoms. The Balaban J connectivity index is 2.51. The Morgan fingerprint density at radius 3 is 2.79 bits per heavy atom. The Morgan fingerprint density at radius 2 is 2.29 bits per heavy atom. The predicted octanol–water partition coefficient (Wildman–Crippen LogP) is 2.78. The van der Waals surface area contributed by atoms with E-state index in [0.29, 0.717) is 6.04 Å². The van der Waals surface area contributed by atoms with Crippen molar-refractivity contribution in [3.05, 3.63) is 11.6 Å². The summed E-state index contributed by atoms with van der Waals surface area (Å²) in [4.78, 5) is 0. The van der Waals surface area contributed by atoms with Crippen LogP contribution >= 0.6 is 23.5 Å². The first-order valence-corrected chi connectivity index (χ1v) is 7.52. The summed E-state index contributed by atoms with van der Waals surface area (Å²) in [6.45, 7) is 7.62. The molecule has 0 radical (unpaired) electrons. The van der Waals surface area contributed by atoms with Gasteiger partial charge in [0.05, 0.1) is 0 Å². The van der Waals surface area contributed by atoms with Gasteiger partial charge in [-0.3, -0.25) is 0 Å². The molecule has 2 unspecified atom stereocenters. The molecule has 1 saturated heterocycles. The van der Waals surface area contributed by atoms with Gasteiger partial charge in [-0.15, -0.1) is 0 Å². The molecule has 1 heterocycles. The van der Waals surface area contributed by atoms with E-state index in [1.807, 2.05) is 0 Å². The molecule has 2 atom stereocenters. The second-order valence-corrected chi connectivity index (χ2v) is 6.31. The van der Waals surface area contributed by atoms with Crippen molar-refractivity contribution in [1.29, 1.82) is 0 Å². The molecular weight excluding hydrogens is 210 g/mol. The lowest BCUT2D eigenvalue weighted by atomic mass is 10.1. The number of hydrogen-bond donors (Lipinski definition) is 1. The van der Waals surface area contributed by atoms with Crippen molar-refractivity contribution in [2.45, 2.75) is 32.1 Å². The molecular formula is C11H21NS2. The third-order valence-corrected chi connectivity index (χ3v) is 5.08. The number of hydrogen-bond acceptors (Lipinski definition) is 3. The summed E-state index contributed by atoms with van der Waals surface area (Å²) >= 11 is 4.22. The maximum Gasteiger partial charge on any atom is 0.0380 e. The molecule has 3 heteroatoms. The minimum Gasteiger partial charge on any atom is -0.310 e. The van der Waals surface area contributed by atoms with Gasteiger partial charge in [-0.25, -0.2) is 0 Å². The number of nitrogens with one attached hydrogen (secondary N) is 1. The molecule has 82 valence electrons. The van der Waals surface area contributed by atoms with Crippen molar-refractivity contribution in [2.75, 3.05) is 23.8 Å². The SMILES string of the molecule is CCNC(C=C(C)C)C1CSCCS1. The van der Waals surface area contributed by atoms with Gasteiger partial charge in [0.2, 0.25) is 0 Å². The molecule has 1 N–H and O–H groups in total. The van der Waals surface area contributed by atoms with Gasteiger partial charge in [-0.1, -0.05) is 18.6 Å². The zero-order valence-electron chi connectivity index (χ0n) is 9.38. The first kappa shape index (κ1) is 12.5. The topological polar surface area (TPSA) is 12.0 Å². The summed E-state index contributed by atoms with van der Waals surface area (Å²) in [6, 6.07) is 0.572. The molecule has 0 aromatic heterocycles. The highest BCUT2D eigenvalue weighted by atomic mass is 32.2. The molecule has 0 aromatic rings. The van der Waals surface area contributed by atoms with E-state index in [-0.39, 0.29) is 0 Å². The monoisotopic (exact) mass is 231 g/mol. The smallest absolute Gasteiger partial charge is 0.0380 e. The van der Waals surface area contributed by atoms with Crippen LogP contribution in [-0.4, -0.2) is 35.1 Å². The average Bonchev–Trinajstić information content (AvgIpc) is 2.18. The minimum absolute atomic E-state index is 0.572. The Bertz CT molecular complexity index is 182. The van der Waals surface area contributed by atoms with Gasteiger partial charge in [0.25, 0.3) is 0 Å². The van der Waals surface area contributed by atoms with Crippen LogP contribution in [0.3, 0.4) is 0 Å². The first-order valence-electron chi connectivity index (χ1n) is 5.31. The van der Waals surface area contributed by atoms with E-state index in [1.165, 1.54) is 22.8 Å². The zero-order chi connectivity index (χ0) is 10.4. The summed E-state index contributed by atoms with van der Waals surface area (Å²) in [5, 5.41) is 4.34. The summed E-state index contributed by atoms with van der Waals surface area (Å²) in [6.07, 6.45) is 2.38. The molecule has 0 aromatic carbocycles. The third kappa shape index (κ3) is 4.28. The van der Waals surface area contributed by atoms with Crippen molar-refractivity contribution in [3.63, 3.8) is 0 Å². The van der Waals surface area contributed by atoms with Crippen molar-refractivity contribution < 1.29 is 0 Å². The van der Waals surface area contributed by atoms with E-state index in [4.69, 9.17) is 0 Å². The van der Waals surface area contributed by atoms with Crippen molar-refractivity contribution in [3.8, 4) is 0 Å². The molecule has 1 aliphatic rings. The van der Waals surface area contributed by atoms with Gasteiger partial charge in [0, 0.05) is 28.6 Å². The summed E-state index contributed by atoms with van der Waals surface area (Å²) in [5.74, 6) is 3.94. The van der Waals surface area contributed by atoms with Crippen LogP contribution < -0.4 is 5.32 Å². The molecule has 0 spiro atoms. The average molecular weight is 231 g/mol. The summed E-state index contributed by atoms with van der Waals surface area (Å²) in [5.41, 5.74) is 1.42. The Kier molecular flexibility index (Phi) is 6.06. The molecule has 1 nitrogen and oxygen atoms in total. The lowest BCUT2D eigenvalue weighted by Crippen LogP contribution is -2.39. The van der Waals surface area contributed by atoms with Gasteiger partial charge in [0.1, 0.15) is 0 Å². The lowest BCUT2D eigenvalue weighted by molar-refractivity contribution is 0.609. The molecule has 0 saturated carbocycles. The Hall–Kier alpha value is 0.400. The number of thioether (sulfide) groups is 2. The predicted molar refractivity (Wildman–Crippen MR) is 70.5 cm³/mol. The Labute approximate surface area is 96.5 Å². The second kappa shape index (κ2) is 6.81. The largest absolute Gasteiger partial charge is 0.310 e. The normalized spacial score (nSPS) is 24.4. The van der Waals surface area contributed by atoms with E-state index in [0.717, 1.165) is 11.8 Å². The summed E-state index contributed by atoms with van der Waals surface area (Å²) < 4.78 is 0. The van der Waals surface area contributed by atoms with Crippen LogP contribution in [0.1, 0.15) is 20.8 Å². The van der Waals surface area contributed by atoms with Crippen molar-refractivity contribution in [2.24, 2.45) is 0 Å². The highest BCUT2D eigenvalue weighted by Gasteiger charge is 2.21. The minimum atomic E-state index is 0.572. The van der Waals surface area contributed by atoms with Crippen LogP contribution in [-0.2, 0) is 0 Å². The van der Waals surface area contributed by atoms with Crippen LogP contribution in [0.4, 0.5) is 0 Å². The van der Waals surface area contributed by atoms with Gasteiger partial charge in [-0.2, -0.15) is 23.5 Å². The van der Waals surface area contributed by atoms with Crippen molar-refractivity contribution in [1.82, 2.24) is 5.32 Å². The first-order chi connectivity index (χ1) is 6.74. The van der Waals surface area contributed by atoms with Gasteiger partial charge in [0.15, 0.2) is 0 Å². The van der Waals surface area contributed by atoms with Crippen LogP contribution in [0.5, 0.6) is 0 Å². The van der Waals surface area contributed by atoms with Crippen LogP contribution in [0.15, 0.2) is 11.6 Å². The number of likely N-dealkylation sites (N-methyl/N-ethyl adjacent to an activating group) is 1. The number of rotatable bonds is 4. The quantitative estimate of drug-likeness (QED) is 0.747. The maximum atomic E-state index is 3.57. The molecule has 1 rings (SSSR count). The fraction of sp³-hybridized carbons (Fsp3) is 0.818. The lowest BCUT2D eigenvalue weighted by Gasteiger charge is -2.28. The molecule has 0 aliphatic carbocycles. The maximum absolute atomic E-state index is 3.57. The van der Waals surface area contributed by atoms with Crippen molar-refractivity contribution >= 4 is 23.5 Å². The third-order valence-electron chi connectivity index (χ3n) is 2.19. The zero-order valence-corrected chi connectivity index (χ0v) is 11.0. The van der Waals surface area contributed by atoms with E-state index < -0.39 is 0 Å². The van der Waals surface area contributed by atoms with Gasteiger partial charge in [-0.05, 0) is 20.4 Å². The fourth-order valence-electron chi connectivity index (χ4n) is 1.61. The molecule has 1 aliphatic heterocycles. The summed E-state index contributed by atoms with van der Waals surface area (Å²) in [7, 11) is 0. The second-order valence-electron chi connectivity index (χ2n) is 3.81. The highest BCUT2D eigenvalue weighted by Crippen LogP contribution is 2.27. The fourth-order valence-corrected chi connectivity index (χ4v) is 4.43. The van der Waals surface area contributed by atoms with Gasteiger partial charge < -0.3 is 5.32 Å². The molecule has 0 amide bonds. The standard InChI is InChI=1S/C11H21NS2/c1-4-12-10(7-9(2)3)11-8-13-5-6-14-11/h7,10-12H,4-6,8H2,1-3H3. The van der Waals surface area contributed by atoms with Crippen LogP contribution in [0.2, 0.25) is 0 Å². The van der Waals surface area contributed by atoms with E-state index >= 15 is 0 Å². The van der Waals surface area contributed by atoms with E-state index in [9.17, 15) is 0 Å². The highest BCUT2D eigenvalue weighted by molar-refractivity contribution is 8.06. The van der Waals surface area contributed by atoms with Crippen LogP contribution in [0, 0.1) is 0 Å². The van der Waals surface area contributed by atoms with Gasteiger partial charge >= 0.3 is 0 Å². The van der Waals surface area contributed by atoms with E-state index in [2.05, 4.69) is 55.7 Å². The van der Waals surface area contributed by atoms with Crippen LogP contribution in [0.25, 0.3) is 0 Å². The number of allylic oxidation sites excluding steroid dienone is 1. The van der Waals surface area contributed by atoms with E-state index in [1.54, 1.807) is 0 Å². The Morgan fingerprint density at radius 1 is 1.50 bits per heavy atom. The molecule has 1 fully saturated rings.